The Hall–Kier alpha value is -2.67. The fraction of sp³-hybridized carbons (Fsp3) is 0.312. The number of benzene rings is 1. The fourth-order valence-corrected chi connectivity index (χ4v) is 2.67. The van der Waals surface area contributed by atoms with Crippen molar-refractivity contribution in [3.05, 3.63) is 52.6 Å². The Bertz CT molecular complexity index is 854. The molecule has 3 rings (SSSR count). The maximum absolute atomic E-state index is 12.3. The van der Waals surface area contributed by atoms with E-state index in [0.29, 0.717) is 30.7 Å². The molecular formula is C16H20N5O2+. The van der Waals surface area contributed by atoms with Crippen LogP contribution >= 0.6 is 0 Å². The van der Waals surface area contributed by atoms with Crippen LogP contribution in [0.4, 0.5) is 5.95 Å². The third-order valence-corrected chi connectivity index (χ3v) is 3.74. The molecule has 0 unspecified atom stereocenters. The van der Waals surface area contributed by atoms with Gasteiger partial charge in [-0.05, 0) is 18.4 Å². The number of aliphatic hydroxyl groups is 1. The summed E-state index contributed by atoms with van der Waals surface area (Å²) in [5.74, 6) is 0.107. The van der Waals surface area contributed by atoms with Crippen LogP contribution in [-0.4, -0.2) is 26.2 Å². The van der Waals surface area contributed by atoms with E-state index < -0.39 is 0 Å². The van der Waals surface area contributed by atoms with Crippen molar-refractivity contribution < 1.29 is 9.67 Å². The molecule has 0 saturated heterocycles. The van der Waals surface area contributed by atoms with Crippen molar-refractivity contribution in [3.63, 3.8) is 0 Å². The van der Waals surface area contributed by atoms with Crippen LogP contribution in [0.15, 0.2) is 41.5 Å². The molecule has 0 aliphatic heterocycles. The van der Waals surface area contributed by atoms with Crippen LogP contribution in [-0.2, 0) is 13.1 Å². The van der Waals surface area contributed by atoms with Gasteiger partial charge >= 0.3 is 5.65 Å². The minimum absolute atomic E-state index is 0.107. The lowest BCUT2D eigenvalue weighted by Crippen LogP contribution is -2.33. The van der Waals surface area contributed by atoms with Crippen LogP contribution in [0.1, 0.15) is 18.4 Å². The van der Waals surface area contributed by atoms with Gasteiger partial charge in [-0.3, -0.25) is 14.3 Å². The zero-order chi connectivity index (χ0) is 16.2. The third-order valence-electron chi connectivity index (χ3n) is 3.74. The summed E-state index contributed by atoms with van der Waals surface area (Å²) in [5.41, 5.74) is 7.61. The zero-order valence-corrected chi connectivity index (χ0v) is 12.8. The van der Waals surface area contributed by atoms with Crippen LogP contribution in [0.5, 0.6) is 0 Å². The quantitative estimate of drug-likeness (QED) is 0.453. The van der Waals surface area contributed by atoms with Gasteiger partial charge in [0.05, 0.1) is 13.1 Å². The van der Waals surface area contributed by atoms with Gasteiger partial charge in [-0.25, -0.2) is 4.57 Å². The number of hydrogen-bond acceptors (Lipinski definition) is 4. The molecule has 2 heterocycles. The van der Waals surface area contributed by atoms with Crippen molar-refractivity contribution >= 4 is 17.1 Å². The number of aromatic nitrogens is 4. The van der Waals surface area contributed by atoms with E-state index in [2.05, 4.69) is 9.97 Å². The molecule has 0 aliphatic carbocycles. The Morgan fingerprint density at radius 3 is 2.78 bits per heavy atom. The third kappa shape index (κ3) is 3.24. The van der Waals surface area contributed by atoms with Crippen molar-refractivity contribution in [3.8, 4) is 0 Å². The Kier molecular flexibility index (Phi) is 4.38. The number of aromatic amines is 1. The molecule has 1 aromatic carbocycles. The summed E-state index contributed by atoms with van der Waals surface area (Å²) in [6, 6.07) is 9.93. The molecule has 4 N–H and O–H groups in total. The zero-order valence-electron chi connectivity index (χ0n) is 12.8. The number of rotatable bonds is 6. The Morgan fingerprint density at radius 2 is 2.04 bits per heavy atom. The highest BCUT2D eigenvalue weighted by molar-refractivity contribution is 5.67. The van der Waals surface area contributed by atoms with Crippen molar-refractivity contribution in [2.24, 2.45) is 0 Å². The highest BCUT2D eigenvalue weighted by Gasteiger charge is 2.21. The van der Waals surface area contributed by atoms with E-state index in [-0.39, 0.29) is 18.1 Å². The van der Waals surface area contributed by atoms with Crippen LogP contribution in [0.2, 0.25) is 0 Å². The number of H-pyrrole nitrogens is 1. The summed E-state index contributed by atoms with van der Waals surface area (Å²) in [7, 11) is 0. The number of nitrogens with two attached hydrogens (primary N) is 1. The maximum atomic E-state index is 12.3. The Morgan fingerprint density at radius 1 is 1.26 bits per heavy atom. The normalized spacial score (nSPS) is 11.2. The van der Waals surface area contributed by atoms with Crippen molar-refractivity contribution in [1.82, 2.24) is 14.5 Å². The minimum Gasteiger partial charge on any atom is -0.396 e. The van der Waals surface area contributed by atoms with Gasteiger partial charge in [0.1, 0.15) is 0 Å². The molecule has 0 atom stereocenters. The van der Waals surface area contributed by atoms with Gasteiger partial charge in [-0.1, -0.05) is 35.3 Å². The number of aryl methyl sites for hydroxylation is 1. The molecule has 0 radical (unpaired) electrons. The Balaban J connectivity index is 2.04. The molecule has 0 fully saturated rings. The van der Waals surface area contributed by atoms with E-state index in [1.165, 1.54) is 0 Å². The van der Waals surface area contributed by atoms with E-state index in [1.807, 2.05) is 45.8 Å². The van der Waals surface area contributed by atoms with Gasteiger partial charge in [-0.15, -0.1) is 0 Å². The number of nitrogen functional groups attached to an aromatic ring is 1. The lowest BCUT2D eigenvalue weighted by Gasteiger charge is -1.99. The largest absolute Gasteiger partial charge is 0.396 e. The van der Waals surface area contributed by atoms with Gasteiger partial charge < -0.3 is 10.8 Å². The van der Waals surface area contributed by atoms with Gasteiger partial charge in [0.2, 0.25) is 5.52 Å². The van der Waals surface area contributed by atoms with Crippen molar-refractivity contribution in [2.45, 2.75) is 25.9 Å². The predicted octanol–water partition coefficient (Wildman–Crippen LogP) is 0.415. The highest BCUT2D eigenvalue weighted by atomic mass is 16.2. The molecule has 7 heteroatoms. The number of nitrogens with one attached hydrogen (secondary N) is 1. The number of nitrogens with zero attached hydrogens (tertiary/aromatic N) is 3. The van der Waals surface area contributed by atoms with Crippen molar-refractivity contribution in [2.75, 3.05) is 12.3 Å². The van der Waals surface area contributed by atoms with Crippen LogP contribution in [0.25, 0.3) is 11.2 Å². The van der Waals surface area contributed by atoms with E-state index in [4.69, 9.17) is 10.8 Å². The molecule has 0 saturated carbocycles. The van der Waals surface area contributed by atoms with Gasteiger partial charge in [0.15, 0.2) is 6.33 Å². The molecule has 23 heavy (non-hydrogen) atoms. The summed E-state index contributed by atoms with van der Waals surface area (Å²) in [4.78, 5) is 19.1. The monoisotopic (exact) mass is 314 g/mol. The summed E-state index contributed by atoms with van der Waals surface area (Å²) < 4.78 is 3.80. The summed E-state index contributed by atoms with van der Waals surface area (Å²) >= 11 is 0. The highest BCUT2D eigenvalue weighted by Crippen LogP contribution is 2.09. The van der Waals surface area contributed by atoms with Gasteiger partial charge in [-0.2, -0.15) is 0 Å². The average Bonchev–Trinajstić information content (AvgIpc) is 2.86. The summed E-state index contributed by atoms with van der Waals surface area (Å²) in [6.45, 7) is 1.41. The molecule has 2 aromatic heterocycles. The first-order valence-corrected chi connectivity index (χ1v) is 7.62. The smallest absolute Gasteiger partial charge is 0.311 e. The summed E-state index contributed by atoms with van der Waals surface area (Å²) in [6.07, 6.45) is 3.40. The van der Waals surface area contributed by atoms with E-state index in [1.54, 1.807) is 0 Å². The van der Waals surface area contributed by atoms with E-state index >= 15 is 0 Å². The molecule has 3 aromatic rings. The Labute approximate surface area is 133 Å². The molecule has 120 valence electrons. The lowest BCUT2D eigenvalue weighted by atomic mass is 10.2. The second-order valence-electron chi connectivity index (χ2n) is 5.48. The maximum Gasteiger partial charge on any atom is 0.311 e. The molecule has 0 spiro atoms. The number of hydrogen-bond donors (Lipinski definition) is 3. The second kappa shape index (κ2) is 6.62. The SMILES string of the molecule is Nc1nc2c(c(=O)[nH]1)n(Cc1ccccc1)c[n+]2CCCCO. The second-order valence-corrected chi connectivity index (χ2v) is 5.48. The number of fused-ring (bicyclic) bond motifs is 1. The molecule has 0 amide bonds. The first-order chi connectivity index (χ1) is 11.2. The van der Waals surface area contributed by atoms with E-state index in [9.17, 15) is 4.79 Å². The number of anilines is 1. The molecule has 0 bridgehead atoms. The van der Waals surface area contributed by atoms with Crippen LogP contribution in [0.3, 0.4) is 0 Å². The molecule has 0 aliphatic rings. The lowest BCUT2D eigenvalue weighted by molar-refractivity contribution is -0.674. The first-order valence-electron chi connectivity index (χ1n) is 7.62. The minimum atomic E-state index is -0.246. The fourth-order valence-electron chi connectivity index (χ4n) is 2.67. The molecule has 7 nitrogen and oxygen atoms in total. The molecular weight excluding hydrogens is 294 g/mol. The number of imidazole rings is 1. The number of aliphatic hydroxyl groups excluding tert-OH is 1. The van der Waals surface area contributed by atoms with Crippen molar-refractivity contribution in [1.29, 1.82) is 0 Å². The average molecular weight is 314 g/mol. The van der Waals surface area contributed by atoms with Crippen LogP contribution < -0.4 is 15.9 Å². The summed E-state index contributed by atoms with van der Waals surface area (Å²) in [5, 5.41) is 8.94. The van der Waals surface area contributed by atoms with E-state index in [0.717, 1.165) is 12.0 Å². The van der Waals surface area contributed by atoms with Gasteiger partial charge in [0.25, 0.3) is 11.5 Å². The predicted molar refractivity (Wildman–Crippen MR) is 86.8 cm³/mol. The standard InChI is InChI=1S/C16H19N5O2/c17-16-18-14-13(15(23)19-16)21(10-12-6-2-1-3-7-12)11-20(14)8-4-5-9-22/h1-3,6-7,11,22H,4-5,8-10H2,(H2-,17,18,19,23)/p+1. The number of unbranched alkanes of at least 4 members (excludes halogenated alkanes) is 1. The van der Waals surface area contributed by atoms with Crippen LogP contribution in [0, 0.1) is 0 Å². The van der Waals surface area contributed by atoms with Gasteiger partial charge in [0, 0.05) is 6.61 Å². The first kappa shape index (κ1) is 15.2. The topological polar surface area (TPSA) is 101 Å².